The summed E-state index contributed by atoms with van der Waals surface area (Å²) in [6.07, 6.45) is 0.463. The fourth-order valence-corrected chi connectivity index (χ4v) is 6.50. The zero-order valence-corrected chi connectivity index (χ0v) is 26.6. The molecule has 2 aliphatic heterocycles. The van der Waals surface area contributed by atoms with E-state index in [2.05, 4.69) is 98.8 Å². The second-order valence-corrected chi connectivity index (χ2v) is 12.6. The van der Waals surface area contributed by atoms with Gasteiger partial charge in [0.2, 0.25) is 0 Å². The molecule has 234 valence electrons. The van der Waals surface area contributed by atoms with Crippen LogP contribution in [0.3, 0.4) is 0 Å². The van der Waals surface area contributed by atoms with E-state index >= 15 is 0 Å². The molecule has 1 aliphatic carbocycles. The van der Waals surface area contributed by atoms with Gasteiger partial charge in [0, 0.05) is 0 Å². The van der Waals surface area contributed by atoms with E-state index < -0.39 is 5.41 Å². The highest BCUT2D eigenvalue weighted by molar-refractivity contribution is 5.86. The van der Waals surface area contributed by atoms with E-state index in [1.54, 1.807) is 0 Å². The van der Waals surface area contributed by atoms with Crippen LogP contribution in [0.1, 0.15) is 47.2 Å². The third kappa shape index (κ3) is 6.12. The SMILES string of the molecule is Cc1cc(C2(c3ccc(OCC(C)OCC4CO4)c(C)c3)c3ccccc3-c3ccccc32)ccc1OCC(C)OCC1CO1. The predicted molar refractivity (Wildman–Crippen MR) is 175 cm³/mol. The third-order valence-electron chi connectivity index (χ3n) is 9.05. The van der Waals surface area contributed by atoms with E-state index in [9.17, 15) is 0 Å². The second kappa shape index (κ2) is 12.6. The Balaban J connectivity index is 1.22. The van der Waals surface area contributed by atoms with Crippen molar-refractivity contribution in [1.82, 2.24) is 0 Å². The number of fused-ring (bicyclic) bond motifs is 3. The van der Waals surface area contributed by atoms with Crippen LogP contribution in [0.5, 0.6) is 11.5 Å². The number of rotatable bonds is 14. The summed E-state index contributed by atoms with van der Waals surface area (Å²) in [6.45, 7) is 12.1. The molecule has 6 heteroatoms. The Morgan fingerprint density at radius 1 is 0.644 bits per heavy atom. The van der Waals surface area contributed by atoms with Crippen molar-refractivity contribution in [2.75, 3.05) is 39.6 Å². The lowest BCUT2D eigenvalue weighted by Crippen LogP contribution is -2.29. The molecular weight excluding hydrogens is 564 g/mol. The lowest BCUT2D eigenvalue weighted by atomic mass is 9.67. The molecule has 4 aromatic carbocycles. The van der Waals surface area contributed by atoms with Gasteiger partial charge in [-0.2, -0.15) is 0 Å². The fraction of sp³-hybridized carbons (Fsp3) is 0.385. The van der Waals surface area contributed by atoms with Crippen LogP contribution in [0.4, 0.5) is 0 Å². The topological polar surface area (TPSA) is 62.0 Å². The highest BCUT2D eigenvalue weighted by Gasteiger charge is 2.46. The normalized spacial score (nSPS) is 20.2. The first kappa shape index (κ1) is 30.0. The Bertz CT molecular complexity index is 1530. The van der Waals surface area contributed by atoms with Crippen molar-refractivity contribution in [1.29, 1.82) is 0 Å². The highest BCUT2D eigenvalue weighted by Crippen LogP contribution is 2.56. The predicted octanol–water partition coefficient (Wildman–Crippen LogP) is 7.03. The molecule has 6 nitrogen and oxygen atoms in total. The largest absolute Gasteiger partial charge is 0.491 e. The summed E-state index contributed by atoms with van der Waals surface area (Å²) in [7, 11) is 0. The maximum Gasteiger partial charge on any atom is 0.122 e. The average Bonchev–Trinajstić information content (AvgIpc) is 3.99. The first-order chi connectivity index (χ1) is 21.9. The zero-order chi connectivity index (χ0) is 31.0. The Morgan fingerprint density at radius 3 is 1.47 bits per heavy atom. The Morgan fingerprint density at radius 2 is 1.07 bits per heavy atom. The number of epoxide rings is 2. The van der Waals surface area contributed by atoms with Gasteiger partial charge < -0.3 is 28.4 Å². The van der Waals surface area contributed by atoms with Gasteiger partial charge in [-0.3, -0.25) is 0 Å². The van der Waals surface area contributed by atoms with Crippen molar-refractivity contribution in [2.24, 2.45) is 0 Å². The zero-order valence-electron chi connectivity index (χ0n) is 26.6. The van der Waals surface area contributed by atoms with Crippen LogP contribution in [0, 0.1) is 13.8 Å². The minimum atomic E-state index is -0.499. The molecule has 3 aliphatic rings. The molecule has 0 N–H and O–H groups in total. The fourth-order valence-electron chi connectivity index (χ4n) is 6.50. The minimum Gasteiger partial charge on any atom is -0.491 e. The third-order valence-corrected chi connectivity index (χ3v) is 9.05. The Kier molecular flexibility index (Phi) is 8.40. The quantitative estimate of drug-likeness (QED) is 0.127. The van der Waals surface area contributed by atoms with Gasteiger partial charge in [0.1, 0.15) is 36.9 Å². The molecule has 0 amide bonds. The first-order valence-corrected chi connectivity index (χ1v) is 16.1. The van der Waals surface area contributed by atoms with E-state index in [4.69, 9.17) is 28.4 Å². The number of hydrogen-bond donors (Lipinski definition) is 0. The molecule has 0 bridgehead atoms. The van der Waals surface area contributed by atoms with Crippen molar-refractivity contribution in [3.63, 3.8) is 0 Å². The smallest absolute Gasteiger partial charge is 0.122 e. The summed E-state index contributed by atoms with van der Waals surface area (Å²) < 4.78 is 34.8. The van der Waals surface area contributed by atoms with E-state index in [0.29, 0.717) is 26.4 Å². The molecule has 0 radical (unpaired) electrons. The van der Waals surface area contributed by atoms with E-state index in [1.807, 2.05) is 13.8 Å². The molecule has 2 heterocycles. The summed E-state index contributed by atoms with van der Waals surface area (Å²) in [5.74, 6) is 1.74. The minimum absolute atomic E-state index is 0.0151. The Hall–Kier alpha value is -3.68. The number of benzene rings is 4. The molecule has 4 atom stereocenters. The molecular formula is C39H42O6. The lowest BCUT2D eigenvalue weighted by Gasteiger charge is -2.34. The summed E-state index contributed by atoms with van der Waals surface area (Å²) in [6, 6.07) is 30.9. The second-order valence-electron chi connectivity index (χ2n) is 12.6. The van der Waals surface area contributed by atoms with Crippen LogP contribution >= 0.6 is 0 Å². The summed E-state index contributed by atoms with van der Waals surface area (Å²) >= 11 is 0. The highest BCUT2D eigenvalue weighted by atomic mass is 16.6. The van der Waals surface area contributed by atoms with E-state index in [1.165, 1.54) is 33.4 Å². The van der Waals surface area contributed by atoms with Gasteiger partial charge in [0.05, 0.1) is 44.1 Å². The van der Waals surface area contributed by atoms with Crippen molar-refractivity contribution in [3.05, 3.63) is 118 Å². The molecule has 4 unspecified atom stereocenters. The molecule has 7 rings (SSSR count). The van der Waals surface area contributed by atoms with Gasteiger partial charge in [-0.05, 0) is 84.3 Å². The molecule has 0 aromatic heterocycles. The van der Waals surface area contributed by atoms with Gasteiger partial charge in [0.25, 0.3) is 0 Å². The summed E-state index contributed by atoms with van der Waals surface area (Å²) in [5.41, 5.74) is 9.18. The van der Waals surface area contributed by atoms with Gasteiger partial charge in [0.15, 0.2) is 0 Å². The molecule has 0 spiro atoms. The number of hydrogen-bond acceptors (Lipinski definition) is 6. The van der Waals surface area contributed by atoms with E-state index in [0.717, 1.165) is 35.8 Å². The van der Waals surface area contributed by atoms with Crippen LogP contribution < -0.4 is 9.47 Å². The van der Waals surface area contributed by atoms with Gasteiger partial charge in [-0.15, -0.1) is 0 Å². The summed E-state index contributed by atoms with van der Waals surface area (Å²) in [5, 5.41) is 0. The number of ether oxygens (including phenoxy) is 6. The van der Waals surface area contributed by atoms with Crippen molar-refractivity contribution in [3.8, 4) is 22.6 Å². The monoisotopic (exact) mass is 606 g/mol. The average molecular weight is 607 g/mol. The standard InChI is InChI=1S/C39H42O6/c1-25-17-29(13-15-37(25)44-19-27(3)40-21-31-23-42-31)39(35-11-7-5-9-33(35)34-10-6-8-12-36(34)39)30-14-16-38(26(2)18-30)45-20-28(4)41-22-32-24-43-32/h5-18,27-28,31-32H,19-24H2,1-4H3. The first-order valence-electron chi connectivity index (χ1n) is 16.1. The van der Waals surface area contributed by atoms with Gasteiger partial charge in [-0.1, -0.05) is 72.8 Å². The summed E-state index contributed by atoms with van der Waals surface area (Å²) in [4.78, 5) is 0. The van der Waals surface area contributed by atoms with Crippen LogP contribution in [-0.4, -0.2) is 64.1 Å². The molecule has 45 heavy (non-hydrogen) atoms. The van der Waals surface area contributed by atoms with Crippen LogP contribution in [0.2, 0.25) is 0 Å². The van der Waals surface area contributed by atoms with Gasteiger partial charge >= 0.3 is 0 Å². The van der Waals surface area contributed by atoms with Crippen molar-refractivity contribution in [2.45, 2.75) is 57.5 Å². The number of aryl methyl sites for hydroxylation is 2. The van der Waals surface area contributed by atoms with Crippen molar-refractivity contribution >= 4 is 0 Å². The maximum absolute atomic E-state index is 6.26. The van der Waals surface area contributed by atoms with Crippen molar-refractivity contribution < 1.29 is 28.4 Å². The Labute approximate surface area is 266 Å². The lowest BCUT2D eigenvalue weighted by molar-refractivity contribution is 0.0239. The van der Waals surface area contributed by atoms with E-state index in [-0.39, 0.29) is 24.4 Å². The van der Waals surface area contributed by atoms with Gasteiger partial charge in [-0.25, -0.2) is 0 Å². The maximum atomic E-state index is 6.26. The molecule has 2 fully saturated rings. The molecule has 0 saturated carbocycles. The molecule has 4 aromatic rings. The van der Waals surface area contributed by atoms with Crippen LogP contribution in [0.15, 0.2) is 84.9 Å². The van der Waals surface area contributed by atoms with Crippen LogP contribution in [-0.2, 0) is 24.4 Å². The van der Waals surface area contributed by atoms with Crippen LogP contribution in [0.25, 0.3) is 11.1 Å². The molecule has 2 saturated heterocycles.